The number of likely N-dealkylation sites (tertiary alicyclic amines) is 1. The van der Waals surface area contributed by atoms with Gasteiger partial charge in [0.15, 0.2) is 0 Å². The minimum Gasteiger partial charge on any atom is -0.373 e. The molecule has 2 atom stereocenters. The standard InChI is InChI=1S/C10H20N2O2/c1-7(2)11-4-5-12-9(13)6-8(3)10(12)14/h7-8,10-11,14H,4-6H2,1-3H3. The summed E-state index contributed by atoms with van der Waals surface area (Å²) in [5.74, 6) is 0.136. The van der Waals surface area contributed by atoms with Gasteiger partial charge >= 0.3 is 0 Å². The molecule has 0 aromatic rings. The predicted molar refractivity (Wildman–Crippen MR) is 54.6 cm³/mol. The second-order valence-electron chi connectivity index (χ2n) is 4.29. The third-order valence-corrected chi connectivity index (χ3v) is 2.55. The number of nitrogens with zero attached hydrogens (tertiary/aromatic N) is 1. The highest BCUT2D eigenvalue weighted by Crippen LogP contribution is 2.22. The van der Waals surface area contributed by atoms with E-state index in [4.69, 9.17) is 0 Å². The highest BCUT2D eigenvalue weighted by atomic mass is 16.3. The third kappa shape index (κ3) is 2.69. The second-order valence-corrected chi connectivity index (χ2v) is 4.29. The summed E-state index contributed by atoms with van der Waals surface area (Å²) >= 11 is 0. The van der Waals surface area contributed by atoms with E-state index in [1.165, 1.54) is 0 Å². The molecular formula is C10H20N2O2. The van der Waals surface area contributed by atoms with E-state index in [9.17, 15) is 9.90 Å². The molecule has 1 amide bonds. The van der Waals surface area contributed by atoms with Gasteiger partial charge in [-0.1, -0.05) is 20.8 Å². The van der Waals surface area contributed by atoms with Crippen LogP contribution in [0.3, 0.4) is 0 Å². The first-order valence-electron chi connectivity index (χ1n) is 5.23. The fourth-order valence-electron chi connectivity index (χ4n) is 1.68. The number of hydrogen-bond acceptors (Lipinski definition) is 3. The second kappa shape index (κ2) is 4.75. The number of hydrogen-bond donors (Lipinski definition) is 2. The van der Waals surface area contributed by atoms with E-state index < -0.39 is 6.23 Å². The normalized spacial score (nSPS) is 27.8. The summed E-state index contributed by atoms with van der Waals surface area (Å²) in [5.41, 5.74) is 0. The van der Waals surface area contributed by atoms with Crippen LogP contribution in [-0.4, -0.2) is 41.3 Å². The van der Waals surface area contributed by atoms with E-state index >= 15 is 0 Å². The molecule has 0 saturated carbocycles. The van der Waals surface area contributed by atoms with Crippen LogP contribution in [-0.2, 0) is 4.79 Å². The molecule has 1 saturated heterocycles. The van der Waals surface area contributed by atoms with Crippen molar-refractivity contribution in [3.8, 4) is 0 Å². The van der Waals surface area contributed by atoms with Crippen LogP contribution < -0.4 is 5.32 Å². The van der Waals surface area contributed by atoms with E-state index in [0.717, 1.165) is 6.54 Å². The van der Waals surface area contributed by atoms with Crippen molar-refractivity contribution in [1.82, 2.24) is 10.2 Å². The Morgan fingerprint density at radius 2 is 2.29 bits per heavy atom. The maximum absolute atomic E-state index is 11.4. The van der Waals surface area contributed by atoms with Crippen LogP contribution in [0.2, 0.25) is 0 Å². The van der Waals surface area contributed by atoms with Gasteiger partial charge in [0.1, 0.15) is 6.23 Å². The summed E-state index contributed by atoms with van der Waals surface area (Å²) in [6.45, 7) is 7.36. The number of rotatable bonds is 4. The van der Waals surface area contributed by atoms with Gasteiger partial charge in [-0.2, -0.15) is 0 Å². The van der Waals surface area contributed by atoms with Gasteiger partial charge in [0.2, 0.25) is 5.91 Å². The molecule has 0 aliphatic carbocycles. The smallest absolute Gasteiger partial charge is 0.225 e. The topological polar surface area (TPSA) is 52.6 Å². The quantitative estimate of drug-likeness (QED) is 0.680. The average Bonchev–Trinajstić information content (AvgIpc) is 2.31. The van der Waals surface area contributed by atoms with Crippen LogP contribution in [0.25, 0.3) is 0 Å². The Balaban J connectivity index is 2.33. The molecular weight excluding hydrogens is 180 g/mol. The van der Waals surface area contributed by atoms with Gasteiger partial charge in [0.05, 0.1) is 0 Å². The van der Waals surface area contributed by atoms with Crippen LogP contribution in [0.1, 0.15) is 27.2 Å². The summed E-state index contributed by atoms with van der Waals surface area (Å²) in [6, 6.07) is 0.419. The van der Waals surface area contributed by atoms with Crippen LogP contribution in [0.15, 0.2) is 0 Å². The zero-order valence-corrected chi connectivity index (χ0v) is 9.16. The van der Waals surface area contributed by atoms with Crippen molar-refractivity contribution >= 4 is 5.91 Å². The van der Waals surface area contributed by atoms with E-state index in [2.05, 4.69) is 19.2 Å². The Morgan fingerprint density at radius 1 is 1.64 bits per heavy atom. The maximum atomic E-state index is 11.4. The van der Waals surface area contributed by atoms with Crippen molar-refractivity contribution in [2.45, 2.75) is 39.5 Å². The van der Waals surface area contributed by atoms with Crippen molar-refractivity contribution in [2.75, 3.05) is 13.1 Å². The van der Waals surface area contributed by atoms with Crippen LogP contribution in [0.4, 0.5) is 0 Å². The fraction of sp³-hybridized carbons (Fsp3) is 0.900. The molecule has 1 aliphatic rings. The van der Waals surface area contributed by atoms with Gasteiger partial charge in [0.25, 0.3) is 0 Å². The number of aliphatic hydroxyl groups excluding tert-OH is 1. The Kier molecular flexibility index (Phi) is 3.89. The van der Waals surface area contributed by atoms with E-state index in [0.29, 0.717) is 19.0 Å². The average molecular weight is 200 g/mol. The molecule has 0 radical (unpaired) electrons. The first kappa shape index (κ1) is 11.5. The van der Waals surface area contributed by atoms with Crippen molar-refractivity contribution < 1.29 is 9.90 Å². The molecule has 1 heterocycles. The summed E-state index contributed by atoms with van der Waals surface area (Å²) < 4.78 is 0. The SMILES string of the molecule is CC(C)NCCN1C(=O)CC(C)C1O. The highest BCUT2D eigenvalue weighted by molar-refractivity contribution is 5.78. The predicted octanol–water partition coefficient (Wildman–Crippen LogP) is 0.171. The van der Waals surface area contributed by atoms with Gasteiger partial charge in [-0.15, -0.1) is 0 Å². The molecule has 4 heteroatoms. The molecule has 1 rings (SSSR count). The molecule has 82 valence electrons. The van der Waals surface area contributed by atoms with Crippen molar-refractivity contribution in [3.05, 3.63) is 0 Å². The summed E-state index contributed by atoms with van der Waals surface area (Å²) in [4.78, 5) is 13.0. The first-order valence-corrected chi connectivity index (χ1v) is 5.23. The molecule has 4 nitrogen and oxygen atoms in total. The Labute approximate surface area is 85.3 Å². The van der Waals surface area contributed by atoms with Crippen molar-refractivity contribution in [1.29, 1.82) is 0 Å². The first-order chi connectivity index (χ1) is 6.52. The van der Waals surface area contributed by atoms with E-state index in [1.54, 1.807) is 4.90 Å². The molecule has 1 aliphatic heterocycles. The lowest BCUT2D eigenvalue weighted by molar-refractivity contribution is -0.133. The number of carbonyl (C=O) groups is 1. The van der Waals surface area contributed by atoms with Gasteiger partial charge < -0.3 is 15.3 Å². The van der Waals surface area contributed by atoms with Crippen LogP contribution >= 0.6 is 0 Å². The summed E-state index contributed by atoms with van der Waals surface area (Å²) in [5, 5.41) is 12.9. The largest absolute Gasteiger partial charge is 0.373 e. The molecule has 14 heavy (non-hydrogen) atoms. The molecule has 0 spiro atoms. The molecule has 2 N–H and O–H groups in total. The minimum absolute atomic E-state index is 0.0653. The van der Waals surface area contributed by atoms with Crippen molar-refractivity contribution in [3.63, 3.8) is 0 Å². The third-order valence-electron chi connectivity index (χ3n) is 2.55. The number of nitrogens with one attached hydrogen (secondary N) is 1. The number of carbonyl (C=O) groups excluding carboxylic acids is 1. The zero-order valence-electron chi connectivity index (χ0n) is 9.16. The highest BCUT2D eigenvalue weighted by Gasteiger charge is 2.34. The lowest BCUT2D eigenvalue weighted by Gasteiger charge is -2.22. The van der Waals surface area contributed by atoms with Crippen molar-refractivity contribution in [2.24, 2.45) is 5.92 Å². The maximum Gasteiger partial charge on any atom is 0.225 e. The van der Waals surface area contributed by atoms with Crippen LogP contribution in [0.5, 0.6) is 0 Å². The van der Waals surface area contributed by atoms with Gasteiger partial charge in [0, 0.05) is 31.5 Å². The fourth-order valence-corrected chi connectivity index (χ4v) is 1.68. The van der Waals surface area contributed by atoms with Gasteiger partial charge in [-0.3, -0.25) is 4.79 Å². The lowest BCUT2D eigenvalue weighted by atomic mass is 10.1. The number of amides is 1. The molecule has 0 aromatic heterocycles. The lowest BCUT2D eigenvalue weighted by Crippen LogP contribution is -2.40. The molecule has 1 fully saturated rings. The molecule has 0 bridgehead atoms. The zero-order chi connectivity index (χ0) is 10.7. The van der Waals surface area contributed by atoms with Gasteiger partial charge in [-0.05, 0) is 0 Å². The molecule has 2 unspecified atom stereocenters. The Morgan fingerprint density at radius 3 is 2.71 bits per heavy atom. The number of aliphatic hydroxyl groups is 1. The van der Waals surface area contributed by atoms with Gasteiger partial charge in [-0.25, -0.2) is 0 Å². The summed E-state index contributed by atoms with van der Waals surface area (Å²) in [7, 11) is 0. The van der Waals surface area contributed by atoms with Crippen LogP contribution in [0, 0.1) is 5.92 Å². The summed E-state index contributed by atoms with van der Waals surface area (Å²) in [6.07, 6.45) is -0.112. The monoisotopic (exact) mass is 200 g/mol. The van der Waals surface area contributed by atoms with E-state index in [1.807, 2.05) is 6.92 Å². The Bertz CT molecular complexity index is 206. The minimum atomic E-state index is -0.587. The Hall–Kier alpha value is -0.610. The van der Waals surface area contributed by atoms with E-state index in [-0.39, 0.29) is 11.8 Å². The molecule has 0 aromatic carbocycles.